The first-order valence-corrected chi connectivity index (χ1v) is 5.56. The van der Waals surface area contributed by atoms with Crippen LogP contribution in [-0.4, -0.2) is 9.78 Å². The van der Waals surface area contributed by atoms with Crippen molar-refractivity contribution in [3.63, 3.8) is 0 Å². The molecule has 1 heterocycles. The van der Waals surface area contributed by atoms with Crippen LogP contribution < -0.4 is 5.73 Å². The molecule has 0 aliphatic heterocycles. The summed E-state index contributed by atoms with van der Waals surface area (Å²) >= 11 is 5.89. The van der Waals surface area contributed by atoms with Crippen molar-refractivity contribution in [1.29, 1.82) is 0 Å². The van der Waals surface area contributed by atoms with E-state index in [1.165, 1.54) is 25.7 Å². The van der Waals surface area contributed by atoms with Gasteiger partial charge in [0.1, 0.15) is 10.8 Å². The Labute approximate surface area is 89.2 Å². The van der Waals surface area contributed by atoms with Crippen LogP contribution in [0, 0.1) is 5.92 Å². The van der Waals surface area contributed by atoms with Gasteiger partial charge in [-0.1, -0.05) is 31.4 Å². The second kappa shape index (κ2) is 3.81. The molecule has 4 heteroatoms. The standard InChI is InChI=1S/C10H16ClN3/c1-7-4-2-3-5-9(7)14-10(12)8(11)6-13-14/h6-7,9H,2-5,12H2,1H3. The van der Waals surface area contributed by atoms with Crippen molar-refractivity contribution < 1.29 is 0 Å². The van der Waals surface area contributed by atoms with Gasteiger partial charge in [-0.3, -0.25) is 0 Å². The van der Waals surface area contributed by atoms with Gasteiger partial charge in [-0.05, 0) is 18.8 Å². The molecular weight excluding hydrogens is 198 g/mol. The van der Waals surface area contributed by atoms with Crippen molar-refractivity contribution in [3.8, 4) is 0 Å². The van der Waals surface area contributed by atoms with Gasteiger partial charge in [-0.2, -0.15) is 5.10 Å². The molecule has 1 aromatic rings. The molecule has 0 aromatic carbocycles. The molecule has 3 nitrogen and oxygen atoms in total. The predicted octanol–water partition coefficient (Wildman–Crippen LogP) is 2.87. The third-order valence-electron chi connectivity index (χ3n) is 3.17. The maximum absolute atomic E-state index is 5.89. The van der Waals surface area contributed by atoms with E-state index in [1.807, 2.05) is 4.68 Å². The van der Waals surface area contributed by atoms with Gasteiger partial charge < -0.3 is 5.73 Å². The van der Waals surface area contributed by atoms with Gasteiger partial charge in [0.2, 0.25) is 0 Å². The number of nitrogen functional groups attached to an aromatic ring is 1. The highest BCUT2D eigenvalue weighted by Gasteiger charge is 2.25. The van der Waals surface area contributed by atoms with Crippen molar-refractivity contribution in [1.82, 2.24) is 9.78 Å². The van der Waals surface area contributed by atoms with E-state index in [0.29, 0.717) is 22.8 Å². The van der Waals surface area contributed by atoms with Crippen LogP contribution in [-0.2, 0) is 0 Å². The number of rotatable bonds is 1. The summed E-state index contributed by atoms with van der Waals surface area (Å²) in [6.07, 6.45) is 6.67. The minimum Gasteiger partial charge on any atom is -0.383 e. The van der Waals surface area contributed by atoms with Crippen LogP contribution in [0.1, 0.15) is 38.6 Å². The van der Waals surface area contributed by atoms with Crippen LogP contribution in [0.5, 0.6) is 0 Å². The summed E-state index contributed by atoms with van der Waals surface area (Å²) in [6.45, 7) is 2.26. The molecule has 1 saturated carbocycles. The van der Waals surface area contributed by atoms with E-state index in [4.69, 9.17) is 17.3 Å². The molecule has 0 bridgehead atoms. The fraction of sp³-hybridized carbons (Fsp3) is 0.700. The van der Waals surface area contributed by atoms with Crippen molar-refractivity contribution in [2.75, 3.05) is 5.73 Å². The maximum Gasteiger partial charge on any atom is 0.140 e. The summed E-state index contributed by atoms with van der Waals surface area (Å²) in [5.41, 5.74) is 5.86. The number of aromatic nitrogens is 2. The number of hydrogen-bond donors (Lipinski definition) is 1. The van der Waals surface area contributed by atoms with Gasteiger partial charge in [0.25, 0.3) is 0 Å². The molecule has 1 aliphatic carbocycles. The first-order valence-electron chi connectivity index (χ1n) is 5.18. The number of anilines is 1. The zero-order valence-electron chi connectivity index (χ0n) is 8.41. The summed E-state index contributed by atoms with van der Waals surface area (Å²) in [7, 11) is 0. The van der Waals surface area contributed by atoms with E-state index in [0.717, 1.165) is 0 Å². The lowest BCUT2D eigenvalue weighted by molar-refractivity contribution is 0.243. The van der Waals surface area contributed by atoms with Crippen molar-refractivity contribution >= 4 is 17.4 Å². The quantitative estimate of drug-likeness (QED) is 0.780. The van der Waals surface area contributed by atoms with Crippen LogP contribution in [0.15, 0.2) is 6.20 Å². The van der Waals surface area contributed by atoms with Crippen molar-refractivity contribution in [2.24, 2.45) is 5.92 Å². The molecule has 1 aliphatic rings. The fourth-order valence-electron chi connectivity index (χ4n) is 2.27. The molecule has 2 unspecified atom stereocenters. The lowest BCUT2D eigenvalue weighted by Gasteiger charge is -2.29. The molecule has 2 atom stereocenters. The third-order valence-corrected chi connectivity index (χ3v) is 3.46. The second-order valence-corrected chi connectivity index (χ2v) is 4.56. The zero-order valence-corrected chi connectivity index (χ0v) is 9.17. The lowest BCUT2D eigenvalue weighted by atomic mass is 9.86. The minimum absolute atomic E-state index is 0.441. The monoisotopic (exact) mass is 213 g/mol. The van der Waals surface area contributed by atoms with E-state index in [1.54, 1.807) is 6.20 Å². The predicted molar refractivity (Wildman–Crippen MR) is 58.3 cm³/mol. The Kier molecular flexibility index (Phi) is 2.68. The van der Waals surface area contributed by atoms with E-state index >= 15 is 0 Å². The molecule has 0 amide bonds. The van der Waals surface area contributed by atoms with Crippen LogP contribution in [0.3, 0.4) is 0 Å². The topological polar surface area (TPSA) is 43.8 Å². The summed E-state index contributed by atoms with van der Waals surface area (Å²) in [4.78, 5) is 0. The summed E-state index contributed by atoms with van der Waals surface area (Å²) in [5.74, 6) is 1.27. The van der Waals surface area contributed by atoms with Crippen molar-refractivity contribution in [3.05, 3.63) is 11.2 Å². The highest BCUT2D eigenvalue weighted by Crippen LogP contribution is 2.35. The molecule has 14 heavy (non-hydrogen) atoms. The van der Waals surface area contributed by atoms with Crippen LogP contribution >= 0.6 is 11.6 Å². The van der Waals surface area contributed by atoms with Gasteiger partial charge in [-0.15, -0.1) is 0 Å². The van der Waals surface area contributed by atoms with Gasteiger partial charge in [0.15, 0.2) is 0 Å². The van der Waals surface area contributed by atoms with Gasteiger partial charge in [0, 0.05) is 0 Å². The molecule has 2 rings (SSSR count). The molecular formula is C10H16ClN3. The van der Waals surface area contributed by atoms with E-state index in [2.05, 4.69) is 12.0 Å². The highest BCUT2D eigenvalue weighted by atomic mass is 35.5. The Bertz CT molecular complexity index is 321. The maximum atomic E-state index is 5.89. The summed E-state index contributed by atoms with van der Waals surface area (Å²) in [5, 5.41) is 4.82. The third kappa shape index (κ3) is 1.61. The number of hydrogen-bond acceptors (Lipinski definition) is 2. The second-order valence-electron chi connectivity index (χ2n) is 4.15. The Morgan fingerprint density at radius 1 is 1.50 bits per heavy atom. The first kappa shape index (κ1) is 9.84. The Morgan fingerprint density at radius 3 is 2.79 bits per heavy atom. The molecule has 2 N–H and O–H groups in total. The number of halogens is 1. The Balaban J connectivity index is 2.24. The SMILES string of the molecule is CC1CCCCC1n1ncc(Cl)c1N. The molecule has 0 saturated heterocycles. The average Bonchev–Trinajstić information content (AvgIpc) is 2.49. The fourth-order valence-corrected chi connectivity index (χ4v) is 2.41. The lowest BCUT2D eigenvalue weighted by Crippen LogP contribution is -2.23. The Hall–Kier alpha value is -0.700. The molecule has 1 aromatic heterocycles. The van der Waals surface area contributed by atoms with Crippen molar-refractivity contribution in [2.45, 2.75) is 38.6 Å². The summed E-state index contributed by atoms with van der Waals surface area (Å²) in [6, 6.07) is 0.441. The van der Waals surface area contributed by atoms with E-state index < -0.39 is 0 Å². The number of nitrogens with zero attached hydrogens (tertiary/aromatic N) is 2. The van der Waals surface area contributed by atoms with Gasteiger partial charge >= 0.3 is 0 Å². The summed E-state index contributed by atoms with van der Waals surface area (Å²) < 4.78 is 1.90. The number of nitrogens with two attached hydrogens (primary N) is 1. The van der Waals surface area contributed by atoms with Gasteiger partial charge in [0.05, 0.1) is 12.2 Å². The van der Waals surface area contributed by atoms with Crippen LogP contribution in [0.2, 0.25) is 5.02 Å². The molecule has 1 fully saturated rings. The zero-order chi connectivity index (χ0) is 10.1. The largest absolute Gasteiger partial charge is 0.383 e. The van der Waals surface area contributed by atoms with Gasteiger partial charge in [-0.25, -0.2) is 4.68 Å². The van der Waals surface area contributed by atoms with E-state index in [-0.39, 0.29) is 0 Å². The van der Waals surface area contributed by atoms with Crippen LogP contribution in [0.4, 0.5) is 5.82 Å². The molecule has 0 radical (unpaired) electrons. The first-order chi connectivity index (χ1) is 6.70. The highest BCUT2D eigenvalue weighted by molar-refractivity contribution is 6.32. The molecule has 0 spiro atoms. The molecule has 78 valence electrons. The minimum atomic E-state index is 0.441. The van der Waals surface area contributed by atoms with Crippen LogP contribution in [0.25, 0.3) is 0 Å². The normalized spacial score (nSPS) is 27.9. The average molecular weight is 214 g/mol. The Morgan fingerprint density at radius 2 is 2.21 bits per heavy atom. The smallest absolute Gasteiger partial charge is 0.140 e. The van der Waals surface area contributed by atoms with E-state index in [9.17, 15) is 0 Å².